The molecule has 0 N–H and O–H groups in total. The predicted octanol–water partition coefficient (Wildman–Crippen LogP) is 6.80. The number of fused-ring (bicyclic) bond motifs is 3. The zero-order valence-corrected chi connectivity index (χ0v) is 19.0. The Labute approximate surface area is 168 Å². The highest BCUT2D eigenvalue weighted by atomic mass is 28.3. The molecule has 0 aliphatic heterocycles. The summed E-state index contributed by atoms with van der Waals surface area (Å²) >= 11 is 0. The van der Waals surface area contributed by atoms with Gasteiger partial charge in [-0.1, -0.05) is 64.7 Å². The Hall–Kier alpha value is -2.39. The lowest BCUT2D eigenvalue weighted by atomic mass is 9.83. The number of pyridine rings is 1. The molecular formula is C25H29NOSi. The lowest BCUT2D eigenvalue weighted by Gasteiger charge is -2.23. The number of aromatic nitrogens is 1. The number of rotatable bonds is 2. The van der Waals surface area contributed by atoms with Crippen LogP contribution in [0.15, 0.2) is 53.1 Å². The maximum absolute atomic E-state index is 6.44. The van der Waals surface area contributed by atoms with Crippen LogP contribution < -0.4 is 5.19 Å². The summed E-state index contributed by atoms with van der Waals surface area (Å²) in [6.07, 6.45) is 1.93. The van der Waals surface area contributed by atoms with Crippen molar-refractivity contribution in [1.82, 2.24) is 4.98 Å². The van der Waals surface area contributed by atoms with Gasteiger partial charge in [-0.25, -0.2) is 0 Å². The van der Waals surface area contributed by atoms with Crippen molar-refractivity contribution in [2.24, 2.45) is 0 Å². The van der Waals surface area contributed by atoms with Crippen LogP contribution in [0.3, 0.4) is 0 Å². The van der Waals surface area contributed by atoms with Gasteiger partial charge in [-0.2, -0.15) is 0 Å². The lowest BCUT2D eigenvalue weighted by Crippen LogP contribution is -2.38. The molecule has 28 heavy (non-hydrogen) atoms. The summed E-state index contributed by atoms with van der Waals surface area (Å²) in [6, 6.07) is 15.1. The molecule has 0 aliphatic carbocycles. The molecule has 0 aliphatic rings. The maximum Gasteiger partial charge on any atom is 0.144 e. The average Bonchev–Trinajstić information content (AvgIpc) is 2.99. The van der Waals surface area contributed by atoms with E-state index in [1.165, 1.54) is 27.1 Å². The van der Waals surface area contributed by atoms with E-state index in [0.29, 0.717) is 0 Å². The molecule has 2 aromatic heterocycles. The second kappa shape index (κ2) is 6.31. The molecule has 0 atom stereocenters. The van der Waals surface area contributed by atoms with E-state index in [1.54, 1.807) is 0 Å². The second-order valence-electron chi connectivity index (χ2n) is 9.80. The molecule has 4 aromatic rings. The molecule has 0 amide bonds. The lowest BCUT2D eigenvalue weighted by molar-refractivity contribution is 0.585. The molecule has 2 aromatic carbocycles. The van der Waals surface area contributed by atoms with Crippen LogP contribution in [0.25, 0.3) is 33.2 Å². The highest BCUT2D eigenvalue weighted by Crippen LogP contribution is 2.38. The van der Waals surface area contributed by atoms with E-state index in [9.17, 15) is 0 Å². The normalized spacial score (nSPS) is 12.8. The number of para-hydroxylation sites is 1. The largest absolute Gasteiger partial charge is 0.455 e. The van der Waals surface area contributed by atoms with Crippen LogP contribution in [0.5, 0.6) is 0 Å². The maximum atomic E-state index is 6.44. The Bertz CT molecular complexity index is 1190. The highest BCUT2D eigenvalue weighted by molar-refractivity contribution is 6.90. The zero-order valence-electron chi connectivity index (χ0n) is 18.0. The molecule has 2 nitrogen and oxygen atoms in total. The van der Waals surface area contributed by atoms with Gasteiger partial charge in [0.15, 0.2) is 0 Å². The Morgan fingerprint density at radius 2 is 1.64 bits per heavy atom. The van der Waals surface area contributed by atoms with Gasteiger partial charge in [0.1, 0.15) is 11.2 Å². The number of nitrogens with zero attached hydrogens (tertiary/aromatic N) is 1. The van der Waals surface area contributed by atoms with Crippen LogP contribution in [-0.2, 0) is 5.41 Å². The van der Waals surface area contributed by atoms with Crippen molar-refractivity contribution >= 4 is 35.2 Å². The molecular weight excluding hydrogens is 358 g/mol. The van der Waals surface area contributed by atoms with Crippen LogP contribution in [0.1, 0.15) is 31.9 Å². The molecule has 0 saturated heterocycles. The molecule has 0 bridgehead atoms. The Balaban J connectivity index is 2.11. The van der Waals surface area contributed by atoms with E-state index in [-0.39, 0.29) is 5.41 Å². The Morgan fingerprint density at radius 1 is 0.929 bits per heavy atom. The fraction of sp³-hybridized carbons (Fsp3) is 0.320. The first-order valence-electron chi connectivity index (χ1n) is 10.0. The zero-order chi connectivity index (χ0) is 20.3. The van der Waals surface area contributed by atoms with Crippen molar-refractivity contribution in [3.8, 4) is 11.3 Å². The van der Waals surface area contributed by atoms with Gasteiger partial charge < -0.3 is 4.42 Å². The van der Waals surface area contributed by atoms with Crippen LogP contribution >= 0.6 is 0 Å². The number of benzene rings is 2. The summed E-state index contributed by atoms with van der Waals surface area (Å²) in [5, 5.41) is 3.93. The van der Waals surface area contributed by atoms with Gasteiger partial charge >= 0.3 is 0 Å². The summed E-state index contributed by atoms with van der Waals surface area (Å²) in [4.78, 5) is 4.79. The molecule has 0 spiro atoms. The van der Waals surface area contributed by atoms with E-state index in [2.05, 4.69) is 83.7 Å². The van der Waals surface area contributed by atoms with Gasteiger partial charge in [0, 0.05) is 22.5 Å². The van der Waals surface area contributed by atoms with Gasteiger partial charge in [0.25, 0.3) is 0 Å². The standard InChI is InChI=1S/C25H29NOSi/c1-16-19(25(2,3)4)14-15-26-23(16)18-12-13-21(28(5,6)7)22-17-10-8-9-11-20(17)27-24(18)22/h8-15H,1-7H3. The number of furan rings is 1. The third kappa shape index (κ3) is 2.98. The number of hydrogen-bond donors (Lipinski definition) is 0. The first kappa shape index (κ1) is 18.9. The van der Waals surface area contributed by atoms with Crippen LogP contribution in [0.4, 0.5) is 0 Å². The molecule has 0 fully saturated rings. The number of hydrogen-bond acceptors (Lipinski definition) is 2. The van der Waals surface area contributed by atoms with Crippen LogP contribution in [0, 0.1) is 6.92 Å². The second-order valence-corrected chi connectivity index (χ2v) is 14.8. The average molecular weight is 388 g/mol. The molecule has 0 unspecified atom stereocenters. The van der Waals surface area contributed by atoms with Crippen LogP contribution in [-0.4, -0.2) is 13.1 Å². The highest BCUT2D eigenvalue weighted by Gasteiger charge is 2.26. The van der Waals surface area contributed by atoms with E-state index < -0.39 is 8.07 Å². The fourth-order valence-corrected chi connectivity index (χ4v) is 5.84. The van der Waals surface area contributed by atoms with Gasteiger partial charge in [-0.05, 0) is 46.9 Å². The smallest absolute Gasteiger partial charge is 0.144 e. The Kier molecular flexibility index (Phi) is 4.27. The summed E-state index contributed by atoms with van der Waals surface area (Å²) in [6.45, 7) is 16.1. The minimum absolute atomic E-state index is 0.0764. The monoisotopic (exact) mass is 387 g/mol. The van der Waals surface area contributed by atoms with E-state index in [4.69, 9.17) is 9.40 Å². The summed E-state index contributed by atoms with van der Waals surface area (Å²) in [5.41, 5.74) is 6.69. The van der Waals surface area contributed by atoms with Crippen molar-refractivity contribution in [3.63, 3.8) is 0 Å². The van der Waals surface area contributed by atoms with E-state index in [0.717, 1.165) is 22.4 Å². The SMILES string of the molecule is Cc1c(C(C)(C)C)ccnc1-c1ccc([Si](C)(C)C)c2c1oc1ccccc12. The summed E-state index contributed by atoms with van der Waals surface area (Å²) < 4.78 is 6.44. The summed E-state index contributed by atoms with van der Waals surface area (Å²) in [5.74, 6) is 0. The van der Waals surface area contributed by atoms with Crippen LogP contribution in [0.2, 0.25) is 19.6 Å². The third-order valence-electron chi connectivity index (χ3n) is 5.60. The third-order valence-corrected chi connectivity index (χ3v) is 7.63. The fourth-order valence-electron chi connectivity index (χ4n) is 4.26. The molecule has 2 heterocycles. The first-order valence-corrected chi connectivity index (χ1v) is 13.5. The molecule has 0 saturated carbocycles. The molecule has 0 radical (unpaired) electrons. The van der Waals surface area contributed by atoms with Gasteiger partial charge in [-0.3, -0.25) is 4.98 Å². The molecule has 144 valence electrons. The van der Waals surface area contributed by atoms with Crippen molar-refractivity contribution in [2.75, 3.05) is 0 Å². The summed E-state index contributed by atoms with van der Waals surface area (Å²) in [7, 11) is -1.54. The topological polar surface area (TPSA) is 26.0 Å². The van der Waals surface area contributed by atoms with E-state index in [1.807, 2.05) is 12.3 Å². The van der Waals surface area contributed by atoms with Gasteiger partial charge in [0.05, 0.1) is 13.8 Å². The quantitative estimate of drug-likeness (QED) is 0.354. The minimum atomic E-state index is -1.54. The predicted molar refractivity (Wildman–Crippen MR) is 123 cm³/mol. The van der Waals surface area contributed by atoms with Gasteiger partial charge in [0.2, 0.25) is 0 Å². The van der Waals surface area contributed by atoms with Crippen molar-refractivity contribution in [1.29, 1.82) is 0 Å². The first-order chi connectivity index (χ1) is 13.1. The van der Waals surface area contributed by atoms with E-state index >= 15 is 0 Å². The Morgan fingerprint density at radius 3 is 2.32 bits per heavy atom. The minimum Gasteiger partial charge on any atom is -0.455 e. The van der Waals surface area contributed by atoms with Gasteiger partial charge in [-0.15, -0.1) is 0 Å². The molecule has 4 rings (SSSR count). The molecule has 3 heteroatoms. The van der Waals surface area contributed by atoms with Crippen molar-refractivity contribution in [2.45, 2.75) is 52.8 Å². The van der Waals surface area contributed by atoms with Crippen molar-refractivity contribution < 1.29 is 4.42 Å². The van der Waals surface area contributed by atoms with Crippen molar-refractivity contribution in [3.05, 3.63) is 59.8 Å².